The summed E-state index contributed by atoms with van der Waals surface area (Å²) in [5, 5.41) is 12.2. The van der Waals surface area contributed by atoms with Gasteiger partial charge in [-0.2, -0.15) is 0 Å². The topological polar surface area (TPSA) is 130 Å². The zero-order valence-electron chi connectivity index (χ0n) is 13.4. The molecule has 0 spiro atoms. The summed E-state index contributed by atoms with van der Waals surface area (Å²) in [5.74, 6) is -0.559. The van der Waals surface area contributed by atoms with Gasteiger partial charge in [-0.1, -0.05) is 17.7 Å². The average Bonchev–Trinajstić information content (AvgIpc) is 2.62. The van der Waals surface area contributed by atoms with Crippen LogP contribution in [0.3, 0.4) is 0 Å². The Labute approximate surface area is 155 Å². The Hall–Kier alpha value is -2.62. The Balaban J connectivity index is 2.15. The van der Waals surface area contributed by atoms with Crippen LogP contribution in [0, 0.1) is 0 Å². The van der Waals surface area contributed by atoms with E-state index in [9.17, 15) is 18.0 Å². The van der Waals surface area contributed by atoms with Gasteiger partial charge in [-0.15, -0.1) is 0 Å². The molecule has 0 saturated carbocycles. The number of halogens is 1. The molecule has 0 aliphatic rings. The number of primary amides is 1. The SMILES string of the molecule is NC(=O)N(O)CCNC(=O)c1cccc(S(=O)(=O)c2ccc(Cl)cc2)c1. The molecule has 0 radical (unpaired) electrons. The quantitative estimate of drug-likeness (QED) is 0.504. The van der Waals surface area contributed by atoms with Crippen molar-refractivity contribution in [1.29, 1.82) is 0 Å². The van der Waals surface area contributed by atoms with Crippen LogP contribution in [0.1, 0.15) is 10.4 Å². The van der Waals surface area contributed by atoms with Gasteiger partial charge in [0.25, 0.3) is 5.91 Å². The molecule has 2 rings (SSSR count). The minimum atomic E-state index is -3.80. The highest BCUT2D eigenvalue weighted by Crippen LogP contribution is 2.23. The first-order valence-corrected chi connectivity index (χ1v) is 9.22. The van der Waals surface area contributed by atoms with Crippen molar-refractivity contribution in [3.05, 3.63) is 59.1 Å². The van der Waals surface area contributed by atoms with E-state index in [1.54, 1.807) is 0 Å². The molecule has 138 valence electrons. The average molecular weight is 398 g/mol. The summed E-state index contributed by atoms with van der Waals surface area (Å²) in [6, 6.07) is 10.1. The number of sulfone groups is 1. The van der Waals surface area contributed by atoms with Crippen LogP contribution in [0.25, 0.3) is 0 Å². The molecular formula is C16H16ClN3O5S. The lowest BCUT2D eigenvalue weighted by Gasteiger charge is -2.12. The first-order chi connectivity index (χ1) is 12.2. The molecule has 26 heavy (non-hydrogen) atoms. The Bertz CT molecular complexity index is 916. The van der Waals surface area contributed by atoms with Crippen molar-refractivity contribution >= 4 is 33.4 Å². The predicted molar refractivity (Wildman–Crippen MR) is 93.8 cm³/mol. The summed E-state index contributed by atoms with van der Waals surface area (Å²) in [5.41, 5.74) is 4.96. The monoisotopic (exact) mass is 397 g/mol. The van der Waals surface area contributed by atoms with Crippen molar-refractivity contribution in [3.63, 3.8) is 0 Å². The third-order valence-electron chi connectivity index (χ3n) is 3.39. The molecule has 0 unspecified atom stereocenters. The Morgan fingerprint density at radius 2 is 1.77 bits per heavy atom. The van der Waals surface area contributed by atoms with Crippen molar-refractivity contribution in [2.75, 3.05) is 13.1 Å². The van der Waals surface area contributed by atoms with Crippen LogP contribution < -0.4 is 11.1 Å². The molecule has 3 amide bonds. The third-order valence-corrected chi connectivity index (χ3v) is 5.41. The number of rotatable bonds is 6. The second kappa shape index (κ2) is 8.17. The first-order valence-electron chi connectivity index (χ1n) is 7.36. The fraction of sp³-hybridized carbons (Fsp3) is 0.125. The number of hydrogen-bond acceptors (Lipinski definition) is 5. The van der Waals surface area contributed by atoms with Crippen molar-refractivity contribution in [3.8, 4) is 0 Å². The van der Waals surface area contributed by atoms with E-state index in [1.165, 1.54) is 48.5 Å². The van der Waals surface area contributed by atoms with Crippen molar-refractivity contribution < 1.29 is 23.2 Å². The van der Waals surface area contributed by atoms with Crippen LogP contribution in [0.2, 0.25) is 5.02 Å². The van der Waals surface area contributed by atoms with E-state index in [2.05, 4.69) is 5.32 Å². The lowest BCUT2D eigenvalue weighted by atomic mass is 10.2. The van der Waals surface area contributed by atoms with Crippen molar-refractivity contribution in [1.82, 2.24) is 10.4 Å². The van der Waals surface area contributed by atoms with E-state index in [4.69, 9.17) is 22.5 Å². The number of carbonyl (C=O) groups excluding carboxylic acids is 2. The fourth-order valence-corrected chi connectivity index (χ4v) is 3.47. The summed E-state index contributed by atoms with van der Waals surface area (Å²) < 4.78 is 25.3. The molecule has 0 atom stereocenters. The number of urea groups is 1. The highest BCUT2D eigenvalue weighted by molar-refractivity contribution is 7.91. The van der Waals surface area contributed by atoms with Crippen LogP contribution in [0.4, 0.5) is 4.79 Å². The van der Waals surface area contributed by atoms with Crippen LogP contribution in [-0.4, -0.2) is 43.7 Å². The molecular weight excluding hydrogens is 382 g/mol. The van der Waals surface area contributed by atoms with Gasteiger partial charge in [-0.05, 0) is 42.5 Å². The Morgan fingerprint density at radius 1 is 1.12 bits per heavy atom. The van der Waals surface area contributed by atoms with E-state index in [0.29, 0.717) is 5.02 Å². The molecule has 0 aromatic heterocycles. The largest absolute Gasteiger partial charge is 0.350 e. The smallest absolute Gasteiger partial charge is 0.338 e. The van der Waals surface area contributed by atoms with Gasteiger partial charge in [0.05, 0.1) is 16.3 Å². The maximum absolute atomic E-state index is 12.6. The molecule has 0 bridgehead atoms. The number of hydroxylamine groups is 2. The van der Waals surface area contributed by atoms with Gasteiger partial charge in [0.2, 0.25) is 9.84 Å². The standard InChI is InChI=1S/C16H16ClN3O5S/c17-12-4-6-13(7-5-12)26(24,25)14-3-1-2-11(10-14)15(21)19-8-9-20(23)16(18)22/h1-7,10,23H,8-9H2,(H2,18,22)(H,19,21). The van der Waals surface area contributed by atoms with E-state index in [-0.39, 0.29) is 33.5 Å². The first kappa shape index (κ1) is 19.7. The Kier molecular flexibility index (Phi) is 6.19. The van der Waals surface area contributed by atoms with Crippen molar-refractivity contribution in [2.45, 2.75) is 9.79 Å². The maximum atomic E-state index is 12.6. The van der Waals surface area contributed by atoms with Crippen LogP contribution in [0.5, 0.6) is 0 Å². The van der Waals surface area contributed by atoms with Gasteiger partial charge in [0, 0.05) is 17.1 Å². The van der Waals surface area contributed by atoms with Crippen LogP contribution in [0.15, 0.2) is 58.3 Å². The summed E-state index contributed by atoms with van der Waals surface area (Å²) in [6.07, 6.45) is 0. The number of nitrogens with two attached hydrogens (primary N) is 1. The van der Waals surface area contributed by atoms with Gasteiger partial charge in [0.1, 0.15) is 0 Å². The van der Waals surface area contributed by atoms with Crippen molar-refractivity contribution in [2.24, 2.45) is 5.73 Å². The van der Waals surface area contributed by atoms with Gasteiger partial charge < -0.3 is 11.1 Å². The second-order valence-corrected chi connectivity index (χ2v) is 7.59. The minimum absolute atomic E-state index is 0.0478. The van der Waals surface area contributed by atoms with Gasteiger partial charge >= 0.3 is 6.03 Å². The van der Waals surface area contributed by atoms with E-state index in [0.717, 1.165) is 0 Å². The number of amides is 3. The predicted octanol–water partition coefficient (Wildman–Crippen LogP) is 1.67. The second-order valence-electron chi connectivity index (χ2n) is 5.20. The number of hydrogen-bond donors (Lipinski definition) is 3. The molecule has 0 saturated heterocycles. The summed E-state index contributed by atoms with van der Waals surface area (Å²) in [6.45, 7) is -0.268. The summed E-state index contributed by atoms with van der Waals surface area (Å²) in [4.78, 5) is 22.8. The van der Waals surface area contributed by atoms with E-state index < -0.39 is 21.8 Å². The highest BCUT2D eigenvalue weighted by atomic mass is 35.5. The van der Waals surface area contributed by atoms with Gasteiger partial charge in [-0.25, -0.2) is 18.3 Å². The molecule has 4 N–H and O–H groups in total. The third kappa shape index (κ3) is 4.72. The lowest BCUT2D eigenvalue weighted by Crippen LogP contribution is -2.39. The van der Waals surface area contributed by atoms with E-state index in [1.807, 2.05) is 0 Å². The maximum Gasteiger partial charge on any atom is 0.338 e. The number of carbonyl (C=O) groups is 2. The minimum Gasteiger partial charge on any atom is -0.350 e. The zero-order valence-corrected chi connectivity index (χ0v) is 15.0. The lowest BCUT2D eigenvalue weighted by molar-refractivity contribution is -0.0376. The van der Waals surface area contributed by atoms with Gasteiger partial charge in [0.15, 0.2) is 0 Å². The van der Waals surface area contributed by atoms with E-state index >= 15 is 0 Å². The number of nitrogens with zero attached hydrogens (tertiary/aromatic N) is 1. The Morgan fingerprint density at radius 3 is 2.38 bits per heavy atom. The highest BCUT2D eigenvalue weighted by Gasteiger charge is 2.19. The molecule has 0 aliphatic heterocycles. The molecule has 2 aromatic rings. The number of benzene rings is 2. The molecule has 0 heterocycles. The molecule has 8 nitrogen and oxygen atoms in total. The number of nitrogens with one attached hydrogen (secondary N) is 1. The zero-order chi connectivity index (χ0) is 19.3. The van der Waals surface area contributed by atoms with Crippen LogP contribution in [-0.2, 0) is 9.84 Å². The molecule has 2 aromatic carbocycles. The van der Waals surface area contributed by atoms with Crippen LogP contribution >= 0.6 is 11.6 Å². The molecule has 0 aliphatic carbocycles. The summed E-state index contributed by atoms with van der Waals surface area (Å²) >= 11 is 5.77. The molecule has 0 fully saturated rings. The molecule has 10 heteroatoms. The normalized spacial score (nSPS) is 11.0. The fourth-order valence-electron chi connectivity index (χ4n) is 2.04. The summed E-state index contributed by atoms with van der Waals surface area (Å²) in [7, 11) is -3.80. The van der Waals surface area contributed by atoms with Gasteiger partial charge in [-0.3, -0.25) is 10.0 Å².